The summed E-state index contributed by atoms with van der Waals surface area (Å²) in [4.78, 5) is 28.4. The van der Waals surface area contributed by atoms with Crippen LogP contribution in [0.2, 0.25) is 5.02 Å². The highest BCUT2D eigenvalue weighted by Gasteiger charge is 2.52. The first-order chi connectivity index (χ1) is 13.0. The number of carbonyl (C=O) groups excluding carboxylic acids is 2. The molecule has 0 spiro atoms. The van der Waals surface area contributed by atoms with Crippen LogP contribution in [-0.2, 0) is 11.3 Å². The summed E-state index contributed by atoms with van der Waals surface area (Å²) in [6.07, 6.45) is -1.07. The van der Waals surface area contributed by atoms with Crippen LogP contribution in [0.5, 0.6) is 0 Å². The molecule has 140 valence electrons. The molecule has 2 fully saturated rings. The number of halogens is 1. The van der Waals surface area contributed by atoms with Crippen molar-refractivity contribution in [1.82, 2.24) is 9.80 Å². The van der Waals surface area contributed by atoms with Crippen LogP contribution in [0.4, 0.5) is 10.5 Å². The van der Waals surface area contributed by atoms with Crippen LogP contribution < -0.4 is 5.32 Å². The molecule has 0 saturated carbocycles. The molecule has 0 aliphatic carbocycles. The largest absolute Gasteiger partial charge is 0.383 e. The van der Waals surface area contributed by atoms with Gasteiger partial charge >= 0.3 is 6.03 Å². The highest BCUT2D eigenvalue weighted by molar-refractivity contribution is 6.33. The van der Waals surface area contributed by atoms with Crippen molar-refractivity contribution in [3.63, 3.8) is 0 Å². The minimum Gasteiger partial charge on any atom is -0.383 e. The number of hydrogen-bond acceptors (Lipinski definition) is 3. The number of nitrogens with one attached hydrogen (secondary N) is 1. The molecule has 0 aromatic heterocycles. The number of benzene rings is 2. The van der Waals surface area contributed by atoms with Crippen molar-refractivity contribution in [2.75, 3.05) is 18.4 Å². The number of para-hydroxylation sites is 1. The molecular formula is C20H20ClN3O3. The van der Waals surface area contributed by atoms with Crippen LogP contribution in [0.15, 0.2) is 54.6 Å². The Bertz CT molecular complexity index is 861. The van der Waals surface area contributed by atoms with Gasteiger partial charge in [-0.2, -0.15) is 0 Å². The molecule has 3 amide bonds. The summed E-state index contributed by atoms with van der Waals surface area (Å²) in [5.74, 6) is -0.543. The van der Waals surface area contributed by atoms with Gasteiger partial charge in [0.05, 0.1) is 16.8 Å². The average Bonchev–Trinajstić information content (AvgIpc) is 3.20. The monoisotopic (exact) mass is 385 g/mol. The van der Waals surface area contributed by atoms with Crippen molar-refractivity contribution in [1.29, 1.82) is 0 Å². The molecule has 7 heteroatoms. The summed E-state index contributed by atoms with van der Waals surface area (Å²) in [5, 5.41) is 13.6. The fourth-order valence-corrected chi connectivity index (χ4v) is 4.05. The predicted molar refractivity (Wildman–Crippen MR) is 102 cm³/mol. The minimum absolute atomic E-state index is 0.190. The molecule has 2 aliphatic heterocycles. The Kier molecular flexibility index (Phi) is 4.76. The smallest absolute Gasteiger partial charge is 0.321 e. The van der Waals surface area contributed by atoms with E-state index in [4.69, 9.17) is 11.6 Å². The lowest BCUT2D eigenvalue weighted by molar-refractivity contribution is -0.136. The fourth-order valence-electron chi connectivity index (χ4n) is 3.87. The van der Waals surface area contributed by atoms with E-state index in [2.05, 4.69) is 5.32 Å². The van der Waals surface area contributed by atoms with E-state index in [0.717, 1.165) is 5.56 Å². The molecule has 2 N–H and O–H groups in total. The maximum Gasteiger partial charge on any atom is 0.321 e. The summed E-state index contributed by atoms with van der Waals surface area (Å²) in [6.45, 7) is 1.15. The van der Waals surface area contributed by atoms with Crippen LogP contribution in [0.1, 0.15) is 5.56 Å². The topological polar surface area (TPSA) is 72.9 Å². The van der Waals surface area contributed by atoms with Gasteiger partial charge in [0.25, 0.3) is 5.91 Å². The quantitative estimate of drug-likeness (QED) is 0.852. The van der Waals surface area contributed by atoms with E-state index in [1.54, 1.807) is 34.1 Å². The Balaban J connectivity index is 1.47. The number of rotatable bonds is 3. The summed E-state index contributed by atoms with van der Waals surface area (Å²) >= 11 is 6.10. The molecule has 2 saturated heterocycles. The third-order valence-corrected chi connectivity index (χ3v) is 5.60. The molecule has 2 aromatic carbocycles. The van der Waals surface area contributed by atoms with Crippen LogP contribution in [-0.4, -0.2) is 52.1 Å². The van der Waals surface area contributed by atoms with E-state index in [9.17, 15) is 14.7 Å². The Morgan fingerprint density at radius 2 is 1.81 bits per heavy atom. The first-order valence-corrected chi connectivity index (χ1v) is 9.25. The van der Waals surface area contributed by atoms with Gasteiger partial charge in [0.2, 0.25) is 0 Å². The molecule has 4 rings (SSSR count). The lowest BCUT2D eigenvalue weighted by atomic mass is 10.0. The van der Waals surface area contributed by atoms with Crippen LogP contribution in [0, 0.1) is 5.92 Å². The summed E-state index contributed by atoms with van der Waals surface area (Å²) in [7, 11) is 0. The van der Waals surface area contributed by atoms with Crippen molar-refractivity contribution in [2.45, 2.75) is 18.7 Å². The Morgan fingerprint density at radius 1 is 1.11 bits per heavy atom. The van der Waals surface area contributed by atoms with E-state index in [-0.39, 0.29) is 23.9 Å². The Labute approximate surface area is 162 Å². The Morgan fingerprint density at radius 3 is 2.56 bits per heavy atom. The molecule has 3 atom stereocenters. The van der Waals surface area contributed by atoms with Gasteiger partial charge in [0, 0.05) is 25.6 Å². The standard InChI is InChI=1S/C20H20ClN3O3/c21-15-8-4-5-9-16(15)22-20(27)23-11-14-17(12-23)24(19(26)18(14)25)10-13-6-2-1-3-7-13/h1-9,14,17-18,25H,10-12H2,(H,22,27)/t14-,17+,18-/m0/s1. The van der Waals surface area contributed by atoms with Gasteiger partial charge in [-0.15, -0.1) is 0 Å². The van der Waals surface area contributed by atoms with Gasteiger partial charge in [-0.05, 0) is 17.7 Å². The van der Waals surface area contributed by atoms with Crippen LogP contribution >= 0.6 is 11.6 Å². The predicted octanol–water partition coefficient (Wildman–Crippen LogP) is 2.58. The Hall–Kier alpha value is -2.57. The molecule has 0 radical (unpaired) electrons. The number of likely N-dealkylation sites (tertiary alicyclic amines) is 2. The number of anilines is 1. The van der Waals surface area contributed by atoms with Gasteiger partial charge < -0.3 is 20.2 Å². The van der Waals surface area contributed by atoms with Gasteiger partial charge in [-0.25, -0.2) is 4.79 Å². The van der Waals surface area contributed by atoms with Crippen molar-refractivity contribution >= 4 is 29.2 Å². The lowest BCUT2D eigenvalue weighted by Crippen LogP contribution is -2.41. The second-order valence-electron chi connectivity index (χ2n) is 6.94. The lowest BCUT2D eigenvalue weighted by Gasteiger charge is -2.25. The van der Waals surface area contributed by atoms with E-state index >= 15 is 0 Å². The van der Waals surface area contributed by atoms with Crippen molar-refractivity contribution < 1.29 is 14.7 Å². The number of aliphatic hydroxyl groups is 1. The van der Waals surface area contributed by atoms with Crippen LogP contribution in [0.25, 0.3) is 0 Å². The third kappa shape index (κ3) is 3.38. The summed E-state index contributed by atoms with van der Waals surface area (Å²) in [6, 6.07) is 16.2. The number of carbonyl (C=O) groups is 2. The molecule has 0 bridgehead atoms. The molecule has 2 heterocycles. The zero-order valence-corrected chi connectivity index (χ0v) is 15.3. The third-order valence-electron chi connectivity index (χ3n) is 5.27. The van der Waals surface area contributed by atoms with Gasteiger partial charge in [-0.1, -0.05) is 54.1 Å². The fraction of sp³-hybridized carbons (Fsp3) is 0.300. The molecule has 2 aromatic rings. The van der Waals surface area contributed by atoms with Gasteiger partial charge in [-0.3, -0.25) is 4.79 Å². The first kappa shape index (κ1) is 17.8. The molecule has 27 heavy (non-hydrogen) atoms. The summed E-state index contributed by atoms with van der Waals surface area (Å²) in [5.41, 5.74) is 1.54. The van der Waals surface area contributed by atoms with E-state index in [1.807, 2.05) is 30.3 Å². The van der Waals surface area contributed by atoms with Crippen molar-refractivity contribution in [3.05, 3.63) is 65.2 Å². The number of urea groups is 1. The number of nitrogens with zero attached hydrogens (tertiary/aromatic N) is 2. The first-order valence-electron chi connectivity index (χ1n) is 8.87. The minimum atomic E-state index is -1.07. The number of aliphatic hydroxyl groups excluding tert-OH is 1. The van der Waals surface area contributed by atoms with Crippen LogP contribution in [0.3, 0.4) is 0 Å². The van der Waals surface area contributed by atoms with Gasteiger partial charge in [0.15, 0.2) is 0 Å². The average molecular weight is 386 g/mol. The SMILES string of the molecule is O=C(Nc1ccccc1Cl)N1C[C@@H]2[C@H](O)C(=O)N(Cc3ccccc3)[C@@H]2C1. The normalized spacial score (nSPS) is 24.2. The number of amides is 3. The van der Waals surface area contributed by atoms with Crippen molar-refractivity contribution in [2.24, 2.45) is 5.92 Å². The number of fused-ring (bicyclic) bond motifs is 1. The zero-order chi connectivity index (χ0) is 19.0. The highest BCUT2D eigenvalue weighted by atomic mass is 35.5. The molecule has 2 aliphatic rings. The van der Waals surface area contributed by atoms with E-state index in [1.165, 1.54) is 0 Å². The molecule has 0 unspecified atom stereocenters. The molecule has 6 nitrogen and oxygen atoms in total. The van der Waals surface area contributed by atoms with Gasteiger partial charge in [0.1, 0.15) is 6.10 Å². The maximum absolute atomic E-state index is 12.6. The maximum atomic E-state index is 12.6. The second-order valence-corrected chi connectivity index (χ2v) is 7.35. The zero-order valence-electron chi connectivity index (χ0n) is 14.6. The second kappa shape index (κ2) is 7.21. The van der Waals surface area contributed by atoms with E-state index in [0.29, 0.717) is 30.3 Å². The number of hydrogen-bond donors (Lipinski definition) is 2. The summed E-state index contributed by atoms with van der Waals surface area (Å²) < 4.78 is 0. The molecular weight excluding hydrogens is 366 g/mol. The van der Waals surface area contributed by atoms with Crippen molar-refractivity contribution in [3.8, 4) is 0 Å². The highest BCUT2D eigenvalue weighted by Crippen LogP contribution is 2.34. The van der Waals surface area contributed by atoms with E-state index < -0.39 is 6.10 Å².